The third-order valence-corrected chi connectivity index (χ3v) is 5.43. The summed E-state index contributed by atoms with van der Waals surface area (Å²) in [5, 5.41) is 5.32. The highest BCUT2D eigenvalue weighted by molar-refractivity contribution is 6.03. The lowest BCUT2D eigenvalue weighted by molar-refractivity contribution is 0.0994. The van der Waals surface area contributed by atoms with Gasteiger partial charge in [0, 0.05) is 49.2 Å². The van der Waals surface area contributed by atoms with Crippen LogP contribution in [0.5, 0.6) is 0 Å². The molecule has 1 fully saturated rings. The molecule has 0 unspecified atom stereocenters. The number of rotatable bonds is 4. The Bertz CT molecular complexity index is 1160. The predicted molar refractivity (Wildman–Crippen MR) is 109 cm³/mol. The topological polar surface area (TPSA) is 63.4 Å². The van der Waals surface area contributed by atoms with E-state index < -0.39 is 0 Å². The van der Waals surface area contributed by atoms with Gasteiger partial charge in [0.2, 0.25) is 0 Å². The molecular formula is C22H21N5O. The van der Waals surface area contributed by atoms with Crippen LogP contribution in [-0.2, 0) is 6.42 Å². The Kier molecular flexibility index (Phi) is 4.24. The smallest absolute Gasteiger partial charge is 0.172 e. The van der Waals surface area contributed by atoms with E-state index in [4.69, 9.17) is 0 Å². The molecule has 6 heteroatoms. The number of piperidine rings is 1. The molecule has 1 aliphatic rings. The predicted octanol–water partition coefficient (Wildman–Crippen LogP) is 3.69. The molecule has 140 valence electrons. The zero-order valence-electron chi connectivity index (χ0n) is 15.6. The van der Waals surface area contributed by atoms with Crippen LogP contribution in [0.2, 0.25) is 0 Å². The minimum Gasteiger partial charge on any atom is -0.371 e. The van der Waals surface area contributed by atoms with Gasteiger partial charge in [-0.15, -0.1) is 0 Å². The number of hydrogen-bond donors (Lipinski definition) is 0. The molecule has 0 N–H and O–H groups in total. The van der Waals surface area contributed by atoms with Crippen LogP contribution in [0.25, 0.3) is 16.6 Å². The molecule has 4 aromatic rings. The van der Waals surface area contributed by atoms with Crippen molar-refractivity contribution in [2.24, 2.45) is 0 Å². The second-order valence-electron chi connectivity index (χ2n) is 7.27. The van der Waals surface area contributed by atoms with Gasteiger partial charge < -0.3 is 4.90 Å². The molecular weight excluding hydrogens is 350 g/mol. The van der Waals surface area contributed by atoms with E-state index in [0.717, 1.165) is 35.2 Å². The number of nitrogens with zero attached hydrogens (tertiary/aromatic N) is 5. The molecule has 6 nitrogen and oxygen atoms in total. The van der Waals surface area contributed by atoms with Crippen LogP contribution in [0.15, 0.2) is 55.1 Å². The average Bonchev–Trinajstić information content (AvgIpc) is 3.18. The molecule has 3 aromatic heterocycles. The van der Waals surface area contributed by atoms with E-state index in [1.54, 1.807) is 29.2 Å². The Labute approximate surface area is 162 Å². The third kappa shape index (κ3) is 3.01. The molecule has 5 rings (SSSR count). The fourth-order valence-corrected chi connectivity index (χ4v) is 4.02. The van der Waals surface area contributed by atoms with E-state index in [9.17, 15) is 4.79 Å². The molecule has 0 radical (unpaired) electrons. The number of ketones is 1. The van der Waals surface area contributed by atoms with E-state index in [-0.39, 0.29) is 5.78 Å². The largest absolute Gasteiger partial charge is 0.371 e. The van der Waals surface area contributed by atoms with Gasteiger partial charge in [0.1, 0.15) is 0 Å². The number of pyridine rings is 1. The Morgan fingerprint density at radius 1 is 1.04 bits per heavy atom. The molecule has 0 saturated carbocycles. The fourth-order valence-electron chi connectivity index (χ4n) is 4.02. The van der Waals surface area contributed by atoms with Gasteiger partial charge in [0.25, 0.3) is 0 Å². The molecule has 0 amide bonds. The molecule has 0 bridgehead atoms. The van der Waals surface area contributed by atoms with Crippen molar-refractivity contribution in [1.29, 1.82) is 0 Å². The molecule has 28 heavy (non-hydrogen) atoms. The number of aromatic nitrogens is 4. The Balaban J connectivity index is 1.55. The van der Waals surface area contributed by atoms with Gasteiger partial charge in [0.15, 0.2) is 11.4 Å². The fraction of sp³-hybridized carbons (Fsp3) is 0.273. The second-order valence-corrected chi connectivity index (χ2v) is 7.27. The number of hydrogen-bond acceptors (Lipinski definition) is 5. The molecule has 0 spiro atoms. The number of Topliss-reactive ketones (excluding diaryl/α,β-unsaturated/α-hetero) is 1. The number of anilines is 1. The molecule has 1 aromatic carbocycles. The summed E-state index contributed by atoms with van der Waals surface area (Å²) in [6, 6.07) is 10.0. The van der Waals surface area contributed by atoms with Gasteiger partial charge in [-0.3, -0.25) is 9.78 Å². The van der Waals surface area contributed by atoms with Gasteiger partial charge in [-0.2, -0.15) is 5.10 Å². The minimum atomic E-state index is 0.0372. The van der Waals surface area contributed by atoms with Crippen molar-refractivity contribution in [2.75, 3.05) is 18.0 Å². The van der Waals surface area contributed by atoms with Crippen LogP contribution in [0.1, 0.15) is 35.2 Å². The minimum absolute atomic E-state index is 0.0372. The lowest BCUT2D eigenvalue weighted by Gasteiger charge is -2.31. The van der Waals surface area contributed by atoms with Crippen LogP contribution in [0, 0.1) is 0 Å². The first kappa shape index (κ1) is 16.9. The monoisotopic (exact) mass is 371 g/mol. The molecule has 4 heterocycles. The lowest BCUT2D eigenvalue weighted by atomic mass is 9.99. The van der Waals surface area contributed by atoms with Crippen molar-refractivity contribution >= 4 is 28.0 Å². The second kappa shape index (κ2) is 7.03. The highest BCUT2D eigenvalue weighted by Crippen LogP contribution is 2.30. The van der Waals surface area contributed by atoms with Gasteiger partial charge in [-0.25, -0.2) is 9.50 Å². The standard InChI is InChI=1S/C22H21N5O/c28-21(18-15-25-27-11-5-8-24-22(18)27)13-17-12-16-6-4-7-23-19(16)14-20(17)26-9-2-1-3-10-26/h4-8,11-12,14-15H,1-3,9-10,13H2. The van der Waals surface area contributed by atoms with Crippen LogP contribution < -0.4 is 4.90 Å². The van der Waals surface area contributed by atoms with Gasteiger partial charge in [0.05, 0.1) is 17.3 Å². The summed E-state index contributed by atoms with van der Waals surface area (Å²) < 4.78 is 1.64. The van der Waals surface area contributed by atoms with E-state index in [1.807, 2.05) is 18.3 Å². The SMILES string of the molecule is O=C(Cc1cc2cccnc2cc1N1CCCCC1)c1cnn2cccnc12. The summed E-state index contributed by atoms with van der Waals surface area (Å²) in [5.41, 5.74) is 4.31. The van der Waals surface area contributed by atoms with Crippen LogP contribution >= 0.6 is 0 Å². The van der Waals surface area contributed by atoms with E-state index in [0.29, 0.717) is 17.6 Å². The third-order valence-electron chi connectivity index (χ3n) is 5.43. The van der Waals surface area contributed by atoms with Gasteiger partial charge in [-0.1, -0.05) is 6.07 Å². The Morgan fingerprint density at radius 2 is 1.89 bits per heavy atom. The number of benzene rings is 1. The van der Waals surface area contributed by atoms with Crippen molar-refractivity contribution in [3.05, 3.63) is 66.2 Å². The maximum absolute atomic E-state index is 13.1. The van der Waals surface area contributed by atoms with Crippen molar-refractivity contribution in [1.82, 2.24) is 19.6 Å². The first-order chi connectivity index (χ1) is 13.8. The van der Waals surface area contributed by atoms with Crippen molar-refractivity contribution in [2.45, 2.75) is 25.7 Å². The summed E-state index contributed by atoms with van der Waals surface area (Å²) >= 11 is 0. The van der Waals surface area contributed by atoms with E-state index >= 15 is 0 Å². The Morgan fingerprint density at radius 3 is 2.79 bits per heavy atom. The van der Waals surface area contributed by atoms with Crippen LogP contribution in [-0.4, -0.2) is 38.5 Å². The molecule has 0 atom stereocenters. The number of carbonyl (C=O) groups is 1. The first-order valence-corrected chi connectivity index (χ1v) is 9.74. The Hall–Kier alpha value is -3.28. The van der Waals surface area contributed by atoms with Crippen molar-refractivity contribution in [3.63, 3.8) is 0 Å². The molecule has 0 aliphatic carbocycles. The van der Waals surface area contributed by atoms with Gasteiger partial charge >= 0.3 is 0 Å². The quantitative estimate of drug-likeness (QED) is 0.512. The molecule has 1 saturated heterocycles. The van der Waals surface area contributed by atoms with Crippen LogP contribution in [0.4, 0.5) is 5.69 Å². The highest BCUT2D eigenvalue weighted by Gasteiger charge is 2.20. The normalized spacial score (nSPS) is 14.6. The lowest BCUT2D eigenvalue weighted by Crippen LogP contribution is -2.30. The maximum atomic E-state index is 13.1. The van der Waals surface area contributed by atoms with E-state index in [1.165, 1.54) is 19.3 Å². The summed E-state index contributed by atoms with van der Waals surface area (Å²) in [4.78, 5) is 24.4. The number of carbonyl (C=O) groups excluding carboxylic acids is 1. The zero-order chi connectivity index (χ0) is 18.9. The van der Waals surface area contributed by atoms with Crippen LogP contribution in [0.3, 0.4) is 0 Å². The first-order valence-electron chi connectivity index (χ1n) is 9.74. The zero-order valence-corrected chi connectivity index (χ0v) is 15.6. The summed E-state index contributed by atoms with van der Waals surface area (Å²) in [6.45, 7) is 2.05. The molecule has 1 aliphatic heterocycles. The highest BCUT2D eigenvalue weighted by atomic mass is 16.1. The maximum Gasteiger partial charge on any atom is 0.172 e. The summed E-state index contributed by atoms with van der Waals surface area (Å²) in [7, 11) is 0. The summed E-state index contributed by atoms with van der Waals surface area (Å²) in [6.07, 6.45) is 10.9. The van der Waals surface area contributed by atoms with Gasteiger partial charge in [-0.05, 0) is 49.1 Å². The van der Waals surface area contributed by atoms with Crippen molar-refractivity contribution < 1.29 is 4.79 Å². The van der Waals surface area contributed by atoms with E-state index in [2.05, 4.69) is 32.1 Å². The number of fused-ring (bicyclic) bond motifs is 2. The van der Waals surface area contributed by atoms with Crippen molar-refractivity contribution in [3.8, 4) is 0 Å². The average molecular weight is 371 g/mol. The summed E-state index contributed by atoms with van der Waals surface area (Å²) in [5.74, 6) is 0.0372.